The van der Waals surface area contributed by atoms with E-state index in [1.165, 1.54) is 5.57 Å². The van der Waals surface area contributed by atoms with E-state index in [-0.39, 0.29) is 6.04 Å². The molecule has 4 heteroatoms. The van der Waals surface area contributed by atoms with Crippen LogP contribution in [0.5, 0.6) is 0 Å². The predicted molar refractivity (Wildman–Crippen MR) is 70.9 cm³/mol. The van der Waals surface area contributed by atoms with Crippen LogP contribution in [0.4, 0.5) is 0 Å². The topological polar surface area (TPSA) is 54.7 Å². The second-order valence-electron chi connectivity index (χ2n) is 4.51. The van der Waals surface area contributed by atoms with Crippen molar-refractivity contribution < 1.29 is 0 Å². The largest absolute Gasteiger partial charge is 0.327 e. The summed E-state index contributed by atoms with van der Waals surface area (Å²) in [5, 5.41) is 9.18. The molecule has 0 fully saturated rings. The number of rotatable bonds is 1. The highest BCUT2D eigenvalue weighted by Crippen LogP contribution is 2.32. The van der Waals surface area contributed by atoms with Gasteiger partial charge in [0, 0.05) is 11.4 Å². The second kappa shape index (κ2) is 4.17. The average molecular weight is 248 g/mol. The molecule has 0 spiro atoms. The van der Waals surface area contributed by atoms with Gasteiger partial charge in [-0.05, 0) is 30.9 Å². The SMILES string of the molecule is NC1CCC=C(c2n[nH]c3c(Cl)cccc23)C1. The molecule has 1 unspecified atom stereocenters. The Bertz CT molecular complexity index is 585. The molecule has 2 aromatic rings. The molecule has 3 nitrogen and oxygen atoms in total. The van der Waals surface area contributed by atoms with E-state index in [1.807, 2.05) is 18.2 Å². The zero-order valence-electron chi connectivity index (χ0n) is 9.41. The normalized spacial score (nSPS) is 20.6. The molecule has 3 N–H and O–H groups in total. The third-order valence-electron chi connectivity index (χ3n) is 3.26. The van der Waals surface area contributed by atoms with Crippen LogP contribution in [-0.4, -0.2) is 16.2 Å². The number of para-hydroxylation sites is 1. The maximum Gasteiger partial charge on any atom is 0.0957 e. The van der Waals surface area contributed by atoms with Crippen molar-refractivity contribution in [3.63, 3.8) is 0 Å². The number of fused-ring (bicyclic) bond motifs is 1. The third kappa shape index (κ3) is 1.85. The van der Waals surface area contributed by atoms with Gasteiger partial charge in [0.1, 0.15) is 0 Å². The summed E-state index contributed by atoms with van der Waals surface area (Å²) in [5.41, 5.74) is 9.14. The Labute approximate surface area is 105 Å². The summed E-state index contributed by atoms with van der Waals surface area (Å²) < 4.78 is 0. The fourth-order valence-corrected chi connectivity index (χ4v) is 2.60. The molecule has 0 radical (unpaired) electrons. The Morgan fingerprint density at radius 2 is 2.29 bits per heavy atom. The molecular weight excluding hydrogens is 234 g/mol. The number of hydrogen-bond donors (Lipinski definition) is 2. The Kier molecular flexibility index (Phi) is 2.65. The van der Waals surface area contributed by atoms with Crippen molar-refractivity contribution >= 4 is 28.1 Å². The van der Waals surface area contributed by atoms with Crippen molar-refractivity contribution in [3.05, 3.63) is 35.0 Å². The molecule has 3 rings (SSSR count). The van der Waals surface area contributed by atoms with Gasteiger partial charge in [-0.15, -0.1) is 0 Å². The lowest BCUT2D eigenvalue weighted by atomic mass is 9.92. The molecule has 0 bridgehead atoms. The third-order valence-corrected chi connectivity index (χ3v) is 3.58. The van der Waals surface area contributed by atoms with Crippen molar-refractivity contribution in [3.8, 4) is 0 Å². The number of nitrogens with zero attached hydrogens (tertiary/aromatic N) is 1. The van der Waals surface area contributed by atoms with E-state index in [2.05, 4.69) is 16.3 Å². The molecular formula is C13H14ClN3. The van der Waals surface area contributed by atoms with Gasteiger partial charge in [-0.3, -0.25) is 5.10 Å². The van der Waals surface area contributed by atoms with Gasteiger partial charge in [-0.25, -0.2) is 0 Å². The molecule has 1 aromatic carbocycles. The summed E-state index contributed by atoms with van der Waals surface area (Å²) in [6.45, 7) is 0. The lowest BCUT2D eigenvalue weighted by molar-refractivity contribution is 0.615. The van der Waals surface area contributed by atoms with E-state index in [0.29, 0.717) is 5.02 Å². The van der Waals surface area contributed by atoms with Gasteiger partial charge in [-0.2, -0.15) is 5.10 Å². The number of aromatic nitrogens is 2. The molecule has 1 aromatic heterocycles. The first-order chi connectivity index (χ1) is 8.25. The van der Waals surface area contributed by atoms with Crippen molar-refractivity contribution in [2.75, 3.05) is 0 Å². The highest BCUT2D eigenvalue weighted by molar-refractivity contribution is 6.35. The average Bonchev–Trinajstić information content (AvgIpc) is 2.74. The quantitative estimate of drug-likeness (QED) is 0.814. The molecule has 1 heterocycles. The number of H-pyrrole nitrogens is 1. The first-order valence-corrected chi connectivity index (χ1v) is 6.21. The molecule has 0 saturated heterocycles. The van der Waals surface area contributed by atoms with Crippen LogP contribution >= 0.6 is 11.6 Å². The minimum atomic E-state index is 0.251. The first kappa shape index (κ1) is 10.8. The number of benzene rings is 1. The van der Waals surface area contributed by atoms with Gasteiger partial charge in [0.15, 0.2) is 0 Å². The maximum absolute atomic E-state index is 6.12. The number of nitrogens with one attached hydrogen (secondary N) is 1. The summed E-state index contributed by atoms with van der Waals surface area (Å²) in [6, 6.07) is 6.11. The van der Waals surface area contributed by atoms with Crippen molar-refractivity contribution in [2.24, 2.45) is 5.73 Å². The highest BCUT2D eigenvalue weighted by atomic mass is 35.5. The Balaban J connectivity index is 2.12. The van der Waals surface area contributed by atoms with E-state index in [1.54, 1.807) is 0 Å². The zero-order valence-corrected chi connectivity index (χ0v) is 10.2. The summed E-state index contributed by atoms with van der Waals surface area (Å²) in [6.07, 6.45) is 5.23. The van der Waals surface area contributed by atoms with Crippen molar-refractivity contribution in [2.45, 2.75) is 25.3 Å². The van der Waals surface area contributed by atoms with Gasteiger partial charge < -0.3 is 5.73 Å². The molecule has 88 valence electrons. The molecule has 1 aliphatic rings. The van der Waals surface area contributed by atoms with E-state index in [4.69, 9.17) is 17.3 Å². The lowest BCUT2D eigenvalue weighted by Crippen LogP contribution is -2.22. The molecule has 17 heavy (non-hydrogen) atoms. The molecule has 1 aliphatic carbocycles. The summed E-state index contributed by atoms with van der Waals surface area (Å²) >= 11 is 6.12. The van der Waals surface area contributed by atoms with E-state index >= 15 is 0 Å². The highest BCUT2D eigenvalue weighted by Gasteiger charge is 2.17. The van der Waals surface area contributed by atoms with Crippen LogP contribution in [-0.2, 0) is 0 Å². The fraction of sp³-hybridized carbons (Fsp3) is 0.308. The van der Waals surface area contributed by atoms with E-state index in [9.17, 15) is 0 Å². The second-order valence-corrected chi connectivity index (χ2v) is 4.91. The van der Waals surface area contributed by atoms with Gasteiger partial charge >= 0.3 is 0 Å². The van der Waals surface area contributed by atoms with Crippen molar-refractivity contribution in [1.29, 1.82) is 0 Å². The Morgan fingerprint density at radius 1 is 1.41 bits per heavy atom. The summed E-state index contributed by atoms with van der Waals surface area (Å²) in [7, 11) is 0. The van der Waals surface area contributed by atoms with Gasteiger partial charge in [-0.1, -0.05) is 29.8 Å². The smallest absolute Gasteiger partial charge is 0.0957 e. The number of aromatic amines is 1. The number of hydrogen-bond acceptors (Lipinski definition) is 2. The Morgan fingerprint density at radius 3 is 3.12 bits per heavy atom. The zero-order chi connectivity index (χ0) is 11.8. The number of allylic oxidation sites excluding steroid dienone is 1. The van der Waals surface area contributed by atoms with Crippen LogP contribution in [0.25, 0.3) is 16.5 Å². The van der Waals surface area contributed by atoms with Crippen LogP contribution in [0.3, 0.4) is 0 Å². The molecule has 0 saturated carbocycles. The van der Waals surface area contributed by atoms with Crippen molar-refractivity contribution in [1.82, 2.24) is 10.2 Å². The monoisotopic (exact) mass is 247 g/mol. The first-order valence-electron chi connectivity index (χ1n) is 5.83. The van der Waals surface area contributed by atoms with Crippen LogP contribution in [0, 0.1) is 0 Å². The minimum absolute atomic E-state index is 0.251. The Hall–Kier alpha value is -1.32. The van der Waals surface area contributed by atoms with Crippen LogP contribution < -0.4 is 5.73 Å². The minimum Gasteiger partial charge on any atom is -0.327 e. The van der Waals surface area contributed by atoms with Gasteiger partial charge in [0.2, 0.25) is 0 Å². The van der Waals surface area contributed by atoms with Crippen LogP contribution in [0.1, 0.15) is 25.0 Å². The van der Waals surface area contributed by atoms with Crippen LogP contribution in [0.2, 0.25) is 5.02 Å². The molecule has 0 aliphatic heterocycles. The van der Waals surface area contributed by atoms with E-state index < -0.39 is 0 Å². The maximum atomic E-state index is 6.12. The van der Waals surface area contributed by atoms with Gasteiger partial charge in [0.25, 0.3) is 0 Å². The van der Waals surface area contributed by atoms with E-state index in [0.717, 1.165) is 35.9 Å². The molecule has 0 amide bonds. The molecule has 1 atom stereocenters. The predicted octanol–water partition coefficient (Wildman–Crippen LogP) is 3.11. The summed E-state index contributed by atoms with van der Waals surface area (Å²) in [4.78, 5) is 0. The lowest BCUT2D eigenvalue weighted by Gasteiger charge is -2.17. The van der Waals surface area contributed by atoms with Gasteiger partial charge in [0.05, 0.1) is 16.2 Å². The number of halogens is 1. The summed E-state index contributed by atoms with van der Waals surface area (Å²) in [5.74, 6) is 0. The standard InChI is InChI=1S/C13H14ClN3/c14-11-6-2-5-10-12(16-17-13(10)11)8-3-1-4-9(15)7-8/h2-3,5-6,9H,1,4,7,15H2,(H,16,17). The fourth-order valence-electron chi connectivity index (χ4n) is 2.38. The van der Waals surface area contributed by atoms with Crippen LogP contribution in [0.15, 0.2) is 24.3 Å². The number of nitrogens with two attached hydrogens (primary N) is 1.